The Morgan fingerprint density at radius 1 is 0.600 bits per heavy atom. The minimum absolute atomic E-state index is 0.0987. The second-order valence-corrected chi connectivity index (χ2v) is 6.77. The maximum absolute atomic E-state index is 9.20. The van der Waals surface area contributed by atoms with E-state index >= 15 is 0 Å². The van der Waals surface area contributed by atoms with Gasteiger partial charge in [0, 0.05) is 5.41 Å². The lowest BCUT2D eigenvalue weighted by molar-refractivity contribution is 0.0605. The first-order valence-electron chi connectivity index (χ1n) is 8.90. The summed E-state index contributed by atoms with van der Waals surface area (Å²) in [6.07, 6.45) is 17.2. The maximum atomic E-state index is 9.20. The first kappa shape index (κ1) is 19.9. The van der Waals surface area contributed by atoms with Crippen molar-refractivity contribution in [1.29, 1.82) is 0 Å². The Labute approximate surface area is 127 Å². The van der Waals surface area contributed by atoms with Crippen LogP contribution in [0.5, 0.6) is 0 Å². The molecule has 0 aliphatic carbocycles. The summed E-state index contributed by atoms with van der Waals surface area (Å²) >= 11 is 0. The molecule has 0 heterocycles. The van der Waals surface area contributed by atoms with E-state index in [-0.39, 0.29) is 18.6 Å². The van der Waals surface area contributed by atoms with Crippen LogP contribution in [0.4, 0.5) is 0 Å². The minimum atomic E-state index is -0.265. The van der Waals surface area contributed by atoms with Crippen molar-refractivity contribution in [3.05, 3.63) is 0 Å². The maximum Gasteiger partial charge on any atom is 0.0506 e. The molecule has 2 N–H and O–H groups in total. The molecule has 0 rings (SSSR count). The van der Waals surface area contributed by atoms with E-state index in [4.69, 9.17) is 0 Å². The number of unbranched alkanes of at least 4 members (excludes halogenated alkanes) is 11. The first-order valence-corrected chi connectivity index (χ1v) is 8.90. The summed E-state index contributed by atoms with van der Waals surface area (Å²) in [5.74, 6) is 0. The van der Waals surface area contributed by atoms with Crippen molar-refractivity contribution in [2.75, 3.05) is 13.2 Å². The molecule has 0 aliphatic heterocycles. The van der Waals surface area contributed by atoms with Crippen LogP contribution in [-0.2, 0) is 0 Å². The number of aliphatic hydroxyl groups excluding tert-OH is 2. The van der Waals surface area contributed by atoms with Gasteiger partial charge in [-0.15, -0.1) is 0 Å². The highest BCUT2D eigenvalue weighted by Gasteiger charge is 2.21. The fraction of sp³-hybridized carbons (Fsp3) is 1.00. The Bertz CT molecular complexity index is 188. The van der Waals surface area contributed by atoms with Crippen molar-refractivity contribution in [2.45, 2.75) is 97.3 Å². The van der Waals surface area contributed by atoms with E-state index in [1.165, 1.54) is 70.6 Å². The van der Waals surface area contributed by atoms with Crippen molar-refractivity contribution in [3.8, 4) is 0 Å². The molecular formula is C18H38O2. The van der Waals surface area contributed by atoms with E-state index in [9.17, 15) is 10.2 Å². The third kappa shape index (κ3) is 11.7. The van der Waals surface area contributed by atoms with Gasteiger partial charge in [0.2, 0.25) is 0 Å². The van der Waals surface area contributed by atoms with Crippen LogP contribution in [0.25, 0.3) is 0 Å². The molecule has 0 aliphatic rings. The standard InChI is InChI=1S/C18H38O2/c1-3-4-5-6-7-8-9-10-11-12-13-14-15-18(2,16-19)17-20/h19-20H,3-17H2,1-2H3. The summed E-state index contributed by atoms with van der Waals surface area (Å²) in [5, 5.41) is 18.4. The second kappa shape index (κ2) is 13.9. The summed E-state index contributed by atoms with van der Waals surface area (Å²) in [4.78, 5) is 0. The van der Waals surface area contributed by atoms with E-state index in [0.29, 0.717) is 0 Å². The summed E-state index contributed by atoms with van der Waals surface area (Å²) < 4.78 is 0. The molecule has 0 saturated carbocycles. The predicted molar refractivity (Wildman–Crippen MR) is 88.0 cm³/mol. The van der Waals surface area contributed by atoms with Crippen LogP contribution in [0, 0.1) is 5.41 Å². The molecule has 0 aromatic carbocycles. The quantitative estimate of drug-likeness (QED) is 0.413. The van der Waals surface area contributed by atoms with Gasteiger partial charge in [0.1, 0.15) is 0 Å². The lowest BCUT2D eigenvalue weighted by Crippen LogP contribution is -2.25. The Balaban J connectivity index is 3.17. The minimum Gasteiger partial charge on any atom is -0.396 e. The Morgan fingerprint density at radius 3 is 1.30 bits per heavy atom. The van der Waals surface area contributed by atoms with Crippen molar-refractivity contribution >= 4 is 0 Å². The van der Waals surface area contributed by atoms with Crippen molar-refractivity contribution in [2.24, 2.45) is 5.41 Å². The molecule has 2 heteroatoms. The molecule has 2 nitrogen and oxygen atoms in total. The lowest BCUT2D eigenvalue weighted by atomic mass is 9.86. The fourth-order valence-electron chi connectivity index (χ4n) is 2.60. The molecule has 0 aromatic rings. The highest BCUT2D eigenvalue weighted by atomic mass is 16.3. The Morgan fingerprint density at radius 2 is 0.950 bits per heavy atom. The average molecular weight is 286 g/mol. The van der Waals surface area contributed by atoms with Gasteiger partial charge in [0.15, 0.2) is 0 Å². The molecule has 20 heavy (non-hydrogen) atoms. The zero-order valence-corrected chi connectivity index (χ0v) is 14.0. The zero-order valence-electron chi connectivity index (χ0n) is 14.0. The van der Waals surface area contributed by atoms with Crippen LogP contribution < -0.4 is 0 Å². The van der Waals surface area contributed by atoms with Gasteiger partial charge in [-0.2, -0.15) is 0 Å². The van der Waals surface area contributed by atoms with E-state index in [2.05, 4.69) is 6.92 Å². The topological polar surface area (TPSA) is 40.5 Å². The van der Waals surface area contributed by atoms with E-state index < -0.39 is 0 Å². The van der Waals surface area contributed by atoms with Gasteiger partial charge < -0.3 is 10.2 Å². The van der Waals surface area contributed by atoms with Crippen molar-refractivity contribution < 1.29 is 10.2 Å². The van der Waals surface area contributed by atoms with Gasteiger partial charge >= 0.3 is 0 Å². The van der Waals surface area contributed by atoms with Gasteiger partial charge in [0.05, 0.1) is 13.2 Å². The van der Waals surface area contributed by atoms with Gasteiger partial charge in [-0.25, -0.2) is 0 Å². The van der Waals surface area contributed by atoms with Gasteiger partial charge in [-0.3, -0.25) is 0 Å². The monoisotopic (exact) mass is 286 g/mol. The van der Waals surface area contributed by atoms with E-state index in [1.807, 2.05) is 6.92 Å². The third-order valence-electron chi connectivity index (χ3n) is 4.40. The van der Waals surface area contributed by atoms with Crippen LogP contribution >= 0.6 is 0 Å². The third-order valence-corrected chi connectivity index (χ3v) is 4.40. The fourth-order valence-corrected chi connectivity index (χ4v) is 2.60. The van der Waals surface area contributed by atoms with Crippen LogP contribution in [0.3, 0.4) is 0 Å². The molecule has 0 bridgehead atoms. The summed E-state index contributed by atoms with van der Waals surface area (Å²) in [7, 11) is 0. The van der Waals surface area contributed by atoms with Crippen LogP contribution in [-0.4, -0.2) is 23.4 Å². The van der Waals surface area contributed by atoms with Gasteiger partial charge in [-0.1, -0.05) is 90.9 Å². The largest absolute Gasteiger partial charge is 0.396 e. The Kier molecular flexibility index (Phi) is 13.8. The van der Waals surface area contributed by atoms with E-state index in [1.54, 1.807) is 0 Å². The summed E-state index contributed by atoms with van der Waals surface area (Å²) in [5.41, 5.74) is -0.265. The molecule has 0 atom stereocenters. The van der Waals surface area contributed by atoms with Gasteiger partial charge in [0.25, 0.3) is 0 Å². The Hall–Kier alpha value is -0.0800. The van der Waals surface area contributed by atoms with Crippen molar-refractivity contribution in [1.82, 2.24) is 0 Å². The number of aliphatic hydroxyl groups is 2. The SMILES string of the molecule is CCCCCCCCCCCCCCC(C)(CO)CO. The average Bonchev–Trinajstić information content (AvgIpc) is 2.48. The van der Waals surface area contributed by atoms with Crippen LogP contribution in [0.15, 0.2) is 0 Å². The molecule has 0 spiro atoms. The van der Waals surface area contributed by atoms with Crippen LogP contribution in [0.1, 0.15) is 97.3 Å². The van der Waals surface area contributed by atoms with Crippen molar-refractivity contribution in [3.63, 3.8) is 0 Å². The molecule has 0 radical (unpaired) electrons. The molecule has 122 valence electrons. The predicted octanol–water partition coefficient (Wildman–Crippen LogP) is 5.07. The zero-order chi connectivity index (χ0) is 15.1. The first-order chi connectivity index (χ1) is 9.68. The molecular weight excluding hydrogens is 248 g/mol. The normalized spacial score (nSPS) is 12.0. The van der Waals surface area contributed by atoms with Crippen LogP contribution in [0.2, 0.25) is 0 Å². The molecule has 0 fully saturated rings. The summed E-state index contributed by atoms with van der Waals surface area (Å²) in [6.45, 7) is 4.43. The summed E-state index contributed by atoms with van der Waals surface area (Å²) in [6, 6.07) is 0. The molecule has 0 unspecified atom stereocenters. The molecule has 0 amide bonds. The smallest absolute Gasteiger partial charge is 0.0506 e. The van der Waals surface area contributed by atoms with Gasteiger partial charge in [-0.05, 0) is 6.42 Å². The highest BCUT2D eigenvalue weighted by molar-refractivity contribution is 4.71. The number of hydrogen-bond donors (Lipinski definition) is 2. The lowest BCUT2D eigenvalue weighted by Gasteiger charge is -2.24. The number of hydrogen-bond acceptors (Lipinski definition) is 2. The second-order valence-electron chi connectivity index (χ2n) is 6.77. The molecule has 0 aromatic heterocycles. The number of rotatable bonds is 15. The molecule has 0 saturated heterocycles. The highest BCUT2D eigenvalue weighted by Crippen LogP contribution is 2.23. The van der Waals surface area contributed by atoms with E-state index in [0.717, 1.165) is 12.8 Å².